The standard InChI is InChI=1S/C20H19N3O2/c21-17-7-1-13(2-8-17)3-10-19(24)25-18-9-6-14-11-16(20(22)23)5-4-15(14)12-18/h1-2,4-9,11-12H,3,10,21H2,(H3,22,23). The highest BCUT2D eigenvalue weighted by Crippen LogP contribution is 2.22. The van der Waals surface area contributed by atoms with Crippen LogP contribution in [0.4, 0.5) is 5.69 Å². The molecule has 3 rings (SSSR count). The van der Waals surface area contributed by atoms with E-state index in [2.05, 4.69) is 0 Å². The van der Waals surface area contributed by atoms with Gasteiger partial charge in [-0.3, -0.25) is 10.2 Å². The van der Waals surface area contributed by atoms with E-state index in [4.69, 9.17) is 21.6 Å². The predicted molar refractivity (Wildman–Crippen MR) is 99.8 cm³/mol. The second kappa shape index (κ2) is 7.05. The Balaban J connectivity index is 1.65. The third kappa shape index (κ3) is 4.14. The molecule has 0 radical (unpaired) electrons. The molecule has 3 aromatic rings. The van der Waals surface area contributed by atoms with Crippen LogP contribution in [0.3, 0.4) is 0 Å². The first kappa shape index (κ1) is 16.5. The largest absolute Gasteiger partial charge is 0.426 e. The van der Waals surface area contributed by atoms with Gasteiger partial charge in [-0.1, -0.05) is 30.3 Å². The number of esters is 1. The van der Waals surface area contributed by atoms with E-state index in [1.54, 1.807) is 18.2 Å². The number of carbonyl (C=O) groups is 1. The summed E-state index contributed by atoms with van der Waals surface area (Å²) in [5, 5.41) is 9.34. The highest BCUT2D eigenvalue weighted by molar-refractivity contribution is 5.99. The van der Waals surface area contributed by atoms with Gasteiger partial charge in [-0.2, -0.15) is 0 Å². The number of hydrogen-bond acceptors (Lipinski definition) is 4. The van der Waals surface area contributed by atoms with Gasteiger partial charge in [0.2, 0.25) is 0 Å². The summed E-state index contributed by atoms with van der Waals surface area (Å²) in [5.41, 5.74) is 13.6. The lowest BCUT2D eigenvalue weighted by atomic mass is 10.1. The van der Waals surface area contributed by atoms with Gasteiger partial charge in [0.05, 0.1) is 0 Å². The van der Waals surface area contributed by atoms with Gasteiger partial charge in [0.15, 0.2) is 0 Å². The lowest BCUT2D eigenvalue weighted by molar-refractivity contribution is -0.134. The highest BCUT2D eigenvalue weighted by atomic mass is 16.5. The van der Waals surface area contributed by atoms with Gasteiger partial charge >= 0.3 is 5.97 Å². The molecule has 0 amide bonds. The quantitative estimate of drug-likeness (QED) is 0.219. The molecule has 0 saturated heterocycles. The van der Waals surface area contributed by atoms with E-state index in [0.717, 1.165) is 16.3 Å². The molecule has 0 spiro atoms. The Hall–Kier alpha value is -3.34. The number of aryl methyl sites for hydroxylation is 1. The lowest BCUT2D eigenvalue weighted by Crippen LogP contribution is -2.10. The maximum atomic E-state index is 12.0. The molecule has 0 bridgehead atoms. The topological polar surface area (TPSA) is 102 Å². The average molecular weight is 333 g/mol. The van der Waals surface area contributed by atoms with Crippen LogP contribution in [0.1, 0.15) is 17.5 Å². The number of nitrogens with two attached hydrogens (primary N) is 2. The fourth-order valence-electron chi connectivity index (χ4n) is 2.57. The Bertz CT molecular complexity index is 933. The molecule has 126 valence electrons. The summed E-state index contributed by atoms with van der Waals surface area (Å²) in [6.07, 6.45) is 0.903. The van der Waals surface area contributed by atoms with E-state index in [0.29, 0.717) is 29.8 Å². The van der Waals surface area contributed by atoms with Gasteiger partial charge in [-0.25, -0.2) is 0 Å². The van der Waals surface area contributed by atoms with Crippen LogP contribution in [0, 0.1) is 5.41 Å². The monoisotopic (exact) mass is 333 g/mol. The first-order valence-corrected chi connectivity index (χ1v) is 7.94. The minimum absolute atomic E-state index is 0.0278. The molecule has 0 fully saturated rings. The first-order valence-electron chi connectivity index (χ1n) is 7.94. The van der Waals surface area contributed by atoms with Crippen molar-refractivity contribution in [2.24, 2.45) is 5.73 Å². The number of ether oxygens (including phenoxy) is 1. The van der Waals surface area contributed by atoms with Gasteiger partial charge < -0.3 is 16.2 Å². The smallest absolute Gasteiger partial charge is 0.311 e. The summed E-state index contributed by atoms with van der Waals surface area (Å²) in [6.45, 7) is 0. The second-order valence-electron chi connectivity index (χ2n) is 5.85. The van der Waals surface area contributed by atoms with E-state index >= 15 is 0 Å². The Morgan fingerprint density at radius 1 is 0.960 bits per heavy atom. The number of fused-ring (bicyclic) bond motifs is 1. The molecule has 5 heteroatoms. The summed E-state index contributed by atoms with van der Waals surface area (Å²) in [6, 6.07) is 18.3. The van der Waals surface area contributed by atoms with Crippen molar-refractivity contribution in [3.8, 4) is 5.75 Å². The zero-order valence-corrected chi connectivity index (χ0v) is 13.7. The van der Waals surface area contributed by atoms with E-state index in [9.17, 15) is 4.79 Å². The number of carbonyl (C=O) groups excluding carboxylic acids is 1. The van der Waals surface area contributed by atoms with Crippen molar-refractivity contribution in [2.75, 3.05) is 5.73 Å². The van der Waals surface area contributed by atoms with Crippen molar-refractivity contribution in [2.45, 2.75) is 12.8 Å². The summed E-state index contributed by atoms with van der Waals surface area (Å²) in [7, 11) is 0. The molecule has 5 nitrogen and oxygen atoms in total. The average Bonchev–Trinajstić information content (AvgIpc) is 2.60. The molecule has 3 aromatic carbocycles. The van der Waals surface area contributed by atoms with E-state index in [-0.39, 0.29) is 11.8 Å². The molecule has 5 N–H and O–H groups in total. The SMILES string of the molecule is N=C(N)c1ccc2cc(OC(=O)CCc3ccc(N)cc3)ccc2c1. The van der Waals surface area contributed by atoms with Crippen LogP contribution in [-0.2, 0) is 11.2 Å². The Morgan fingerprint density at radius 2 is 1.64 bits per heavy atom. The van der Waals surface area contributed by atoms with Crippen LogP contribution < -0.4 is 16.2 Å². The Labute approximate surface area is 145 Å². The molecular formula is C20H19N3O2. The van der Waals surface area contributed by atoms with Crippen molar-refractivity contribution >= 4 is 28.3 Å². The number of nitrogens with one attached hydrogen (secondary N) is 1. The zero-order chi connectivity index (χ0) is 17.8. The zero-order valence-electron chi connectivity index (χ0n) is 13.7. The van der Waals surface area contributed by atoms with Crippen molar-refractivity contribution in [1.29, 1.82) is 5.41 Å². The fraction of sp³-hybridized carbons (Fsp3) is 0.100. The fourth-order valence-corrected chi connectivity index (χ4v) is 2.57. The molecular weight excluding hydrogens is 314 g/mol. The third-order valence-corrected chi connectivity index (χ3v) is 3.95. The Morgan fingerprint density at radius 3 is 2.36 bits per heavy atom. The number of anilines is 1. The van der Waals surface area contributed by atoms with Crippen LogP contribution in [0.5, 0.6) is 5.75 Å². The van der Waals surface area contributed by atoms with Gasteiger partial charge in [-0.05, 0) is 53.1 Å². The molecule has 25 heavy (non-hydrogen) atoms. The van der Waals surface area contributed by atoms with Gasteiger partial charge in [0.25, 0.3) is 0 Å². The maximum Gasteiger partial charge on any atom is 0.311 e. The second-order valence-corrected chi connectivity index (χ2v) is 5.85. The number of hydrogen-bond donors (Lipinski definition) is 3. The normalized spacial score (nSPS) is 10.6. The van der Waals surface area contributed by atoms with E-state index < -0.39 is 0 Å². The Kier molecular flexibility index (Phi) is 4.66. The summed E-state index contributed by atoms with van der Waals surface area (Å²) >= 11 is 0. The van der Waals surface area contributed by atoms with Crippen LogP contribution in [0.25, 0.3) is 10.8 Å². The molecule has 0 aliphatic heterocycles. The summed E-state index contributed by atoms with van der Waals surface area (Å²) in [5.74, 6) is 0.252. The molecule has 0 atom stereocenters. The highest BCUT2D eigenvalue weighted by Gasteiger charge is 2.07. The lowest BCUT2D eigenvalue weighted by Gasteiger charge is -2.07. The molecule has 0 heterocycles. The molecule has 0 unspecified atom stereocenters. The van der Waals surface area contributed by atoms with Gasteiger partial charge in [0.1, 0.15) is 11.6 Å². The van der Waals surface area contributed by atoms with Crippen molar-refractivity contribution < 1.29 is 9.53 Å². The predicted octanol–water partition coefficient (Wildman–Crippen LogP) is 3.24. The molecule has 0 aromatic heterocycles. The van der Waals surface area contributed by atoms with Crippen LogP contribution in [-0.4, -0.2) is 11.8 Å². The number of rotatable bonds is 5. The minimum Gasteiger partial charge on any atom is -0.426 e. The van der Waals surface area contributed by atoms with E-state index in [1.165, 1.54) is 0 Å². The summed E-state index contributed by atoms with van der Waals surface area (Å²) in [4.78, 5) is 12.0. The van der Waals surface area contributed by atoms with Crippen LogP contribution >= 0.6 is 0 Å². The van der Waals surface area contributed by atoms with Crippen LogP contribution in [0.2, 0.25) is 0 Å². The number of nitrogen functional groups attached to an aromatic ring is 2. The van der Waals surface area contributed by atoms with Gasteiger partial charge in [-0.15, -0.1) is 0 Å². The van der Waals surface area contributed by atoms with Crippen molar-refractivity contribution in [3.63, 3.8) is 0 Å². The molecule has 0 aliphatic rings. The molecule has 0 aliphatic carbocycles. The first-order chi connectivity index (χ1) is 12.0. The maximum absolute atomic E-state index is 12.0. The van der Waals surface area contributed by atoms with Crippen LogP contribution in [0.15, 0.2) is 60.7 Å². The summed E-state index contributed by atoms with van der Waals surface area (Å²) < 4.78 is 5.42. The minimum atomic E-state index is -0.281. The van der Waals surface area contributed by atoms with E-state index in [1.807, 2.05) is 42.5 Å². The number of amidine groups is 1. The van der Waals surface area contributed by atoms with Gasteiger partial charge in [0, 0.05) is 17.7 Å². The third-order valence-electron chi connectivity index (χ3n) is 3.95. The number of benzene rings is 3. The van der Waals surface area contributed by atoms with Crippen molar-refractivity contribution in [1.82, 2.24) is 0 Å². The van der Waals surface area contributed by atoms with Crippen molar-refractivity contribution in [3.05, 3.63) is 71.8 Å². The molecule has 0 saturated carbocycles.